The maximum Gasteiger partial charge on any atom is 0.333 e. The summed E-state index contributed by atoms with van der Waals surface area (Å²) in [5.41, 5.74) is 30.8. The predicted octanol–water partition coefficient (Wildman–Crippen LogP) is 20.4. The summed E-state index contributed by atoms with van der Waals surface area (Å²) in [6, 6.07) is 127. The predicted molar refractivity (Wildman–Crippen MR) is 444 cm³/mol. The summed E-state index contributed by atoms with van der Waals surface area (Å²) in [6.45, 7) is -0.409. The standard InChI is InChI=1S/C96H58B2N10/c1-7-25-59(26-8-1)65-48-54-82-79(56-65)98-87-72(39-24-44-83(87)105(82)68-35-17-6-18-36-68)75-52-51-70(86-76-38-20-22-43-81(76)108(98)90(75)86)60-45-49-69(50-46-60)106-84-57-66(95-101-91(61-27-9-2-10-28-61)99-92(102-95)62-29-11-3-12-30-62)47-53-78(84)97-88-77(74-41-23-40-73-71-37-19-21-42-80(71)107(97)89(73)74)55-67(58-85(88)106)96-103-93(63-31-13-4-14-32-63)100-94(104-96)64-33-15-5-16-34-64/h1-58H. The quantitative estimate of drug-likeness (QED) is 0.125. The largest absolute Gasteiger partial charge is 0.375 e. The normalized spacial score (nSPS) is 12.7. The van der Waals surface area contributed by atoms with Crippen LogP contribution < -0.4 is 31.7 Å². The minimum atomic E-state index is -0.275. The smallest absolute Gasteiger partial charge is 0.333 e. The van der Waals surface area contributed by atoms with E-state index in [1.807, 2.05) is 72.8 Å². The lowest BCUT2D eigenvalue weighted by molar-refractivity contribution is 1.07. The molecule has 0 fully saturated rings. The number of rotatable bonds is 10. The fourth-order valence-electron chi connectivity index (χ4n) is 17.9. The van der Waals surface area contributed by atoms with E-state index in [0.717, 1.165) is 89.4 Å². The first-order chi connectivity index (χ1) is 53.6. The van der Waals surface area contributed by atoms with E-state index in [2.05, 4.69) is 298 Å². The van der Waals surface area contributed by atoms with Gasteiger partial charge in [0.05, 0.1) is 0 Å². The minimum absolute atomic E-state index is 0.135. The van der Waals surface area contributed by atoms with E-state index in [1.54, 1.807) is 0 Å². The Kier molecular flexibility index (Phi) is 13.1. The molecule has 0 radical (unpaired) electrons. The van der Waals surface area contributed by atoms with Crippen LogP contribution in [0.15, 0.2) is 352 Å². The van der Waals surface area contributed by atoms with Crippen molar-refractivity contribution in [1.82, 2.24) is 38.9 Å². The lowest BCUT2D eigenvalue weighted by atomic mass is 9.45. The Balaban J connectivity index is 0.764. The van der Waals surface area contributed by atoms with Crippen LogP contribution in [0.1, 0.15) is 0 Å². The summed E-state index contributed by atoms with van der Waals surface area (Å²) >= 11 is 0. The summed E-state index contributed by atoms with van der Waals surface area (Å²) in [5, 5.41) is 4.83. The highest BCUT2D eigenvalue weighted by atomic mass is 15.2. The maximum absolute atomic E-state index is 5.46. The van der Waals surface area contributed by atoms with Gasteiger partial charge < -0.3 is 18.8 Å². The molecule has 0 spiro atoms. The van der Waals surface area contributed by atoms with E-state index < -0.39 is 0 Å². The highest BCUT2D eigenvalue weighted by Gasteiger charge is 2.46. The molecule has 4 aliphatic heterocycles. The van der Waals surface area contributed by atoms with Gasteiger partial charge in [0.2, 0.25) is 0 Å². The monoisotopic (exact) mass is 1370 g/mol. The fourth-order valence-corrected chi connectivity index (χ4v) is 17.9. The van der Waals surface area contributed by atoms with Crippen LogP contribution in [0, 0.1) is 0 Å². The summed E-state index contributed by atoms with van der Waals surface area (Å²) < 4.78 is 5.27. The first-order valence-corrected chi connectivity index (χ1v) is 36.8. The second kappa shape index (κ2) is 23.6. The molecule has 23 rings (SSSR count). The summed E-state index contributed by atoms with van der Waals surface area (Å²) in [6.07, 6.45) is 0. The number of aromatic nitrogens is 8. The number of nitrogens with zero attached hydrogens (tertiary/aromatic N) is 10. The van der Waals surface area contributed by atoms with E-state index >= 15 is 0 Å². The van der Waals surface area contributed by atoms with E-state index in [0.29, 0.717) is 34.9 Å². The summed E-state index contributed by atoms with van der Waals surface area (Å²) in [7, 11) is 0. The molecule has 0 unspecified atom stereocenters. The Labute approximate surface area is 622 Å². The molecule has 498 valence electrons. The average Bonchev–Trinajstić information content (AvgIpc) is 1.45. The van der Waals surface area contributed by atoms with Crippen LogP contribution in [0.25, 0.3) is 156 Å². The summed E-state index contributed by atoms with van der Waals surface area (Å²) in [4.78, 5) is 37.0. The molecule has 0 saturated carbocycles. The number of hydrogen-bond donors (Lipinski definition) is 0. The Bertz CT molecular complexity index is 6820. The van der Waals surface area contributed by atoms with Gasteiger partial charge in [-0.05, 0) is 122 Å². The van der Waals surface area contributed by atoms with E-state index in [1.165, 1.54) is 88.1 Å². The third-order valence-corrected chi connectivity index (χ3v) is 22.6. The van der Waals surface area contributed by atoms with Gasteiger partial charge in [-0.1, -0.05) is 285 Å². The Morgan fingerprint density at radius 3 is 1.28 bits per heavy atom. The van der Waals surface area contributed by atoms with Crippen molar-refractivity contribution in [1.29, 1.82) is 0 Å². The molecule has 0 atom stereocenters. The van der Waals surface area contributed by atoms with Gasteiger partial charge in [0.15, 0.2) is 34.9 Å². The molecule has 0 bridgehead atoms. The van der Waals surface area contributed by atoms with Crippen LogP contribution in [-0.4, -0.2) is 52.6 Å². The van der Waals surface area contributed by atoms with E-state index in [4.69, 9.17) is 29.9 Å². The van der Waals surface area contributed by atoms with Crippen molar-refractivity contribution in [3.05, 3.63) is 352 Å². The Morgan fingerprint density at radius 1 is 0.213 bits per heavy atom. The van der Waals surface area contributed by atoms with Crippen molar-refractivity contribution in [2.24, 2.45) is 0 Å². The molecule has 4 aromatic heterocycles. The van der Waals surface area contributed by atoms with Gasteiger partial charge in [-0.2, -0.15) is 0 Å². The van der Waals surface area contributed by atoms with Crippen molar-refractivity contribution in [3.63, 3.8) is 0 Å². The molecule has 19 aromatic rings. The Hall–Kier alpha value is -14.4. The van der Waals surface area contributed by atoms with Crippen LogP contribution in [0.5, 0.6) is 0 Å². The van der Waals surface area contributed by atoms with Gasteiger partial charge in [-0.3, -0.25) is 0 Å². The van der Waals surface area contributed by atoms with Gasteiger partial charge >= 0.3 is 13.7 Å². The van der Waals surface area contributed by atoms with Crippen molar-refractivity contribution in [3.8, 4) is 113 Å². The van der Waals surface area contributed by atoms with Gasteiger partial charge in [0, 0.05) is 122 Å². The Morgan fingerprint density at radius 2 is 0.648 bits per heavy atom. The van der Waals surface area contributed by atoms with Crippen molar-refractivity contribution in [2.45, 2.75) is 0 Å². The zero-order chi connectivity index (χ0) is 70.7. The molecular formula is C96H58B2N10. The molecule has 10 nitrogen and oxygen atoms in total. The second-order valence-corrected chi connectivity index (χ2v) is 28.4. The van der Waals surface area contributed by atoms with Crippen LogP contribution >= 0.6 is 0 Å². The average molecular weight is 1370 g/mol. The van der Waals surface area contributed by atoms with Crippen molar-refractivity contribution >= 4 is 113 Å². The molecule has 4 aliphatic rings. The fraction of sp³-hybridized carbons (Fsp3) is 0. The van der Waals surface area contributed by atoms with Crippen molar-refractivity contribution < 1.29 is 0 Å². The first-order valence-electron chi connectivity index (χ1n) is 36.8. The lowest BCUT2D eigenvalue weighted by Crippen LogP contribution is -2.56. The van der Waals surface area contributed by atoms with Gasteiger partial charge in [-0.15, -0.1) is 0 Å². The van der Waals surface area contributed by atoms with Crippen LogP contribution in [0.2, 0.25) is 0 Å². The molecule has 0 amide bonds. The molecule has 12 heteroatoms. The number of hydrogen-bond acceptors (Lipinski definition) is 8. The van der Waals surface area contributed by atoms with Crippen LogP contribution in [0.4, 0.5) is 34.1 Å². The van der Waals surface area contributed by atoms with E-state index in [-0.39, 0.29) is 13.7 Å². The zero-order valence-electron chi connectivity index (χ0n) is 58.1. The molecule has 0 N–H and O–H groups in total. The molecule has 15 aromatic carbocycles. The topological polar surface area (TPSA) is 93.7 Å². The number of benzene rings is 15. The zero-order valence-corrected chi connectivity index (χ0v) is 58.1. The van der Waals surface area contributed by atoms with E-state index in [9.17, 15) is 0 Å². The van der Waals surface area contributed by atoms with Gasteiger partial charge in [0.1, 0.15) is 0 Å². The third kappa shape index (κ3) is 9.04. The molecular weight excluding hydrogens is 1310 g/mol. The minimum Gasteiger partial charge on any atom is -0.375 e. The molecule has 8 heterocycles. The van der Waals surface area contributed by atoms with Crippen LogP contribution in [0.3, 0.4) is 0 Å². The number of anilines is 6. The number of para-hydroxylation sites is 4. The summed E-state index contributed by atoms with van der Waals surface area (Å²) in [5.74, 6) is 3.51. The van der Waals surface area contributed by atoms with Crippen molar-refractivity contribution in [2.75, 3.05) is 9.80 Å². The van der Waals surface area contributed by atoms with Crippen LogP contribution in [-0.2, 0) is 0 Å². The molecule has 0 saturated heterocycles. The van der Waals surface area contributed by atoms with Gasteiger partial charge in [-0.25, -0.2) is 29.9 Å². The highest BCUT2D eigenvalue weighted by Crippen LogP contribution is 2.51. The lowest BCUT2D eigenvalue weighted by Gasteiger charge is -2.41. The van der Waals surface area contributed by atoms with Gasteiger partial charge in [0.25, 0.3) is 0 Å². The molecule has 0 aliphatic carbocycles. The second-order valence-electron chi connectivity index (χ2n) is 28.4. The third-order valence-electron chi connectivity index (χ3n) is 22.6. The maximum atomic E-state index is 5.46. The first kappa shape index (κ1) is 60.1. The molecule has 108 heavy (non-hydrogen) atoms. The number of fused-ring (bicyclic) bond motifs is 14. The highest BCUT2D eigenvalue weighted by molar-refractivity contribution is 6.91. The SMILES string of the molecule is c1ccc(-c2ccc3c(c2)B2c4c(cccc4N3c3ccccc3)-c3ccc(-c4ccc(N5c6cc(-c7nc(-c8ccccc8)nc(-c8ccccc8)n7)ccc6B6c7c(cc(-c8nc(-c9ccccc9)nc(-c9ccccc9)n8)cc75)-c5cccc7c8ccccc8n6c57)cc4)c4c5ccccc5n2c34)cc1.